The lowest BCUT2D eigenvalue weighted by molar-refractivity contribution is -0.387. The molecule has 168 valence electrons. The van der Waals surface area contributed by atoms with Gasteiger partial charge < -0.3 is 14.6 Å². The third-order valence-electron chi connectivity index (χ3n) is 4.67. The molecule has 0 aliphatic carbocycles. The van der Waals surface area contributed by atoms with Gasteiger partial charge in [-0.2, -0.15) is 0 Å². The maximum Gasteiger partial charge on any atom is 0.284 e. The van der Waals surface area contributed by atoms with E-state index in [1.54, 1.807) is 23.7 Å². The Morgan fingerprint density at radius 1 is 1.22 bits per heavy atom. The first-order valence-electron chi connectivity index (χ1n) is 9.97. The maximum absolute atomic E-state index is 12.4. The van der Waals surface area contributed by atoms with Crippen LogP contribution in [0.1, 0.15) is 36.7 Å². The van der Waals surface area contributed by atoms with E-state index in [-0.39, 0.29) is 29.8 Å². The van der Waals surface area contributed by atoms with Crippen molar-refractivity contribution in [3.05, 3.63) is 70.0 Å². The first-order chi connectivity index (χ1) is 15.1. The zero-order valence-electron chi connectivity index (χ0n) is 18.4. The summed E-state index contributed by atoms with van der Waals surface area (Å²) in [5, 5.41) is 22.4. The number of ether oxygens (including phenoxy) is 1. The number of rotatable bonds is 8. The highest BCUT2D eigenvalue weighted by Gasteiger charge is 2.20. The van der Waals surface area contributed by atoms with Crippen LogP contribution < -0.4 is 10.1 Å². The molecule has 3 aromatic rings. The first kappa shape index (κ1) is 23.3. The summed E-state index contributed by atoms with van der Waals surface area (Å²) in [6.07, 6.45) is 1.51. The Morgan fingerprint density at radius 2 is 1.94 bits per heavy atom. The Bertz CT molecular complexity index is 1110. The van der Waals surface area contributed by atoms with E-state index in [9.17, 15) is 14.9 Å². The summed E-state index contributed by atoms with van der Waals surface area (Å²) in [5.74, 6) is 0.308. The normalized spacial score (nSPS) is 11.2. The van der Waals surface area contributed by atoms with Crippen LogP contribution in [0, 0.1) is 10.1 Å². The van der Waals surface area contributed by atoms with Crippen LogP contribution in [0.2, 0.25) is 0 Å². The predicted molar refractivity (Wildman–Crippen MR) is 121 cm³/mol. The van der Waals surface area contributed by atoms with Crippen LogP contribution in [0.25, 0.3) is 0 Å². The molecule has 32 heavy (non-hydrogen) atoms. The number of aromatic nitrogens is 3. The van der Waals surface area contributed by atoms with Crippen LogP contribution in [-0.2, 0) is 12.5 Å². The van der Waals surface area contributed by atoms with Crippen molar-refractivity contribution in [1.29, 1.82) is 0 Å². The zero-order chi connectivity index (χ0) is 23.3. The minimum absolute atomic E-state index is 0.0669. The summed E-state index contributed by atoms with van der Waals surface area (Å²) in [4.78, 5) is 23.8. The molecule has 0 bridgehead atoms. The summed E-state index contributed by atoms with van der Waals surface area (Å²) in [6, 6.07) is 12.2. The van der Waals surface area contributed by atoms with Crippen molar-refractivity contribution < 1.29 is 14.5 Å². The molecule has 0 radical (unpaired) electrons. The van der Waals surface area contributed by atoms with Crippen molar-refractivity contribution in [2.45, 2.75) is 36.2 Å². The fourth-order valence-corrected chi connectivity index (χ4v) is 3.69. The van der Waals surface area contributed by atoms with Crippen LogP contribution >= 0.6 is 11.8 Å². The summed E-state index contributed by atoms with van der Waals surface area (Å²) in [5.41, 5.74) is 1.31. The molecule has 0 saturated carbocycles. The standard InChI is InChI=1S/C22H25N5O4S/c1-22(2,3)16-6-8-17(9-7-16)31-12-11-23-20(28)15-5-10-19(18(13-15)27(29)30)32-21-25-24-14-26(21)4/h5-10,13-14H,11-12H2,1-4H3,(H,23,28). The molecule has 1 heterocycles. The lowest BCUT2D eigenvalue weighted by atomic mass is 9.87. The Hall–Kier alpha value is -3.40. The number of nitrogens with one attached hydrogen (secondary N) is 1. The lowest BCUT2D eigenvalue weighted by Gasteiger charge is -2.19. The average molecular weight is 456 g/mol. The van der Waals surface area contributed by atoms with Gasteiger partial charge in [0.05, 0.1) is 16.4 Å². The predicted octanol–water partition coefficient (Wildman–Crippen LogP) is 3.98. The number of amides is 1. The number of carbonyl (C=O) groups excluding carboxylic acids is 1. The zero-order valence-corrected chi connectivity index (χ0v) is 19.2. The summed E-state index contributed by atoms with van der Waals surface area (Å²) in [6.45, 7) is 6.98. The molecule has 0 aliphatic rings. The maximum atomic E-state index is 12.4. The molecule has 0 atom stereocenters. The van der Waals surface area contributed by atoms with Gasteiger partial charge >= 0.3 is 0 Å². The largest absolute Gasteiger partial charge is 0.492 e. The van der Waals surface area contributed by atoms with E-state index in [1.807, 2.05) is 24.3 Å². The number of carbonyl (C=O) groups is 1. The van der Waals surface area contributed by atoms with Crippen molar-refractivity contribution in [2.24, 2.45) is 7.05 Å². The average Bonchev–Trinajstić information content (AvgIpc) is 3.15. The SMILES string of the molecule is Cn1cnnc1Sc1ccc(C(=O)NCCOc2ccc(C(C)(C)C)cc2)cc1[N+](=O)[O-]. The minimum atomic E-state index is -0.514. The molecule has 1 aromatic heterocycles. The number of benzene rings is 2. The second kappa shape index (κ2) is 9.82. The highest BCUT2D eigenvalue weighted by atomic mass is 32.2. The van der Waals surface area contributed by atoms with Crippen LogP contribution in [0.5, 0.6) is 5.75 Å². The third kappa shape index (κ3) is 5.85. The summed E-state index contributed by atoms with van der Waals surface area (Å²) >= 11 is 1.11. The Labute approximate surface area is 190 Å². The van der Waals surface area contributed by atoms with E-state index in [1.165, 1.54) is 18.0 Å². The van der Waals surface area contributed by atoms with Crippen LogP contribution in [-0.4, -0.2) is 38.7 Å². The molecule has 0 spiro atoms. The smallest absolute Gasteiger partial charge is 0.284 e. The first-order valence-corrected chi connectivity index (χ1v) is 10.8. The quantitative estimate of drug-likeness (QED) is 0.311. The van der Waals surface area contributed by atoms with E-state index < -0.39 is 10.8 Å². The Balaban J connectivity index is 1.57. The van der Waals surface area contributed by atoms with Gasteiger partial charge in [0.25, 0.3) is 11.6 Å². The Kier molecular flexibility index (Phi) is 7.14. The van der Waals surface area contributed by atoms with E-state index in [0.29, 0.717) is 15.8 Å². The highest BCUT2D eigenvalue weighted by molar-refractivity contribution is 7.99. The fourth-order valence-electron chi connectivity index (χ4n) is 2.84. The fraction of sp³-hybridized carbons (Fsp3) is 0.318. The van der Waals surface area contributed by atoms with Crippen LogP contribution in [0.15, 0.2) is 58.8 Å². The van der Waals surface area contributed by atoms with Crippen molar-refractivity contribution in [3.63, 3.8) is 0 Å². The molecule has 10 heteroatoms. The molecular formula is C22H25N5O4S. The number of nitro groups is 1. The number of hydrogen-bond donors (Lipinski definition) is 1. The molecule has 3 rings (SSSR count). The molecule has 1 amide bonds. The van der Waals surface area contributed by atoms with Crippen molar-refractivity contribution in [1.82, 2.24) is 20.1 Å². The molecule has 0 aliphatic heterocycles. The molecule has 0 fully saturated rings. The minimum Gasteiger partial charge on any atom is -0.492 e. The molecule has 0 saturated heterocycles. The van der Waals surface area contributed by atoms with Crippen LogP contribution in [0.3, 0.4) is 0 Å². The van der Waals surface area contributed by atoms with Gasteiger partial charge in [-0.3, -0.25) is 14.9 Å². The highest BCUT2D eigenvalue weighted by Crippen LogP contribution is 2.34. The van der Waals surface area contributed by atoms with Gasteiger partial charge in [-0.1, -0.05) is 32.9 Å². The van der Waals surface area contributed by atoms with E-state index in [0.717, 1.165) is 11.8 Å². The number of aryl methyl sites for hydroxylation is 1. The molecular weight excluding hydrogens is 430 g/mol. The van der Waals surface area contributed by atoms with Gasteiger partial charge in [0.2, 0.25) is 0 Å². The molecule has 2 aromatic carbocycles. The molecule has 1 N–H and O–H groups in total. The van der Waals surface area contributed by atoms with Crippen molar-refractivity contribution >= 4 is 23.4 Å². The molecule has 9 nitrogen and oxygen atoms in total. The topological polar surface area (TPSA) is 112 Å². The number of nitrogens with zero attached hydrogens (tertiary/aromatic N) is 4. The van der Waals surface area contributed by atoms with Crippen molar-refractivity contribution in [3.8, 4) is 5.75 Å². The molecule has 0 unspecified atom stereocenters. The van der Waals surface area contributed by atoms with E-state index >= 15 is 0 Å². The second-order valence-corrected chi connectivity index (χ2v) is 9.15. The van der Waals surface area contributed by atoms with Gasteiger partial charge in [-0.05, 0) is 47.0 Å². The lowest BCUT2D eigenvalue weighted by Crippen LogP contribution is -2.28. The van der Waals surface area contributed by atoms with E-state index in [4.69, 9.17) is 4.74 Å². The van der Waals surface area contributed by atoms with Gasteiger partial charge in [0.1, 0.15) is 18.7 Å². The van der Waals surface area contributed by atoms with Crippen molar-refractivity contribution in [2.75, 3.05) is 13.2 Å². The second-order valence-electron chi connectivity index (χ2n) is 8.14. The summed E-state index contributed by atoms with van der Waals surface area (Å²) < 4.78 is 7.33. The van der Waals surface area contributed by atoms with Gasteiger partial charge in [0.15, 0.2) is 5.16 Å². The summed E-state index contributed by atoms with van der Waals surface area (Å²) in [7, 11) is 1.75. The van der Waals surface area contributed by atoms with E-state index in [2.05, 4.69) is 36.3 Å². The van der Waals surface area contributed by atoms with Gasteiger partial charge in [0, 0.05) is 18.7 Å². The van der Waals surface area contributed by atoms with Crippen LogP contribution in [0.4, 0.5) is 5.69 Å². The van der Waals surface area contributed by atoms with Gasteiger partial charge in [-0.15, -0.1) is 10.2 Å². The Morgan fingerprint density at radius 3 is 2.53 bits per heavy atom. The monoisotopic (exact) mass is 455 g/mol. The number of hydrogen-bond acceptors (Lipinski definition) is 7. The third-order valence-corrected chi connectivity index (χ3v) is 5.78. The number of nitro benzene ring substituents is 1. The van der Waals surface area contributed by atoms with Gasteiger partial charge in [-0.25, -0.2) is 0 Å².